The second kappa shape index (κ2) is 5.85. The normalized spacial score (nSPS) is 13.8. The largest absolute Gasteiger partial charge is 0.481 e. The molecule has 0 aliphatic rings. The van der Waals surface area contributed by atoms with E-state index in [0.717, 1.165) is 0 Å². The van der Waals surface area contributed by atoms with E-state index in [4.69, 9.17) is 10.8 Å². The highest BCUT2D eigenvalue weighted by atomic mass is 16.4. The lowest BCUT2D eigenvalue weighted by molar-refractivity contribution is -0.141. The van der Waals surface area contributed by atoms with Crippen LogP contribution in [0.4, 0.5) is 0 Å². The van der Waals surface area contributed by atoms with Crippen LogP contribution < -0.4 is 11.4 Å². The lowest BCUT2D eigenvalue weighted by Crippen LogP contribution is -2.36. The number of aromatic nitrogens is 2. The van der Waals surface area contributed by atoms with Crippen molar-refractivity contribution in [3.8, 4) is 0 Å². The van der Waals surface area contributed by atoms with Crippen LogP contribution in [-0.4, -0.2) is 26.5 Å². The van der Waals surface area contributed by atoms with Crippen molar-refractivity contribution >= 4 is 11.9 Å². The molecule has 7 heteroatoms. The van der Waals surface area contributed by atoms with Gasteiger partial charge in [0.2, 0.25) is 5.91 Å². The first-order valence-corrected chi connectivity index (χ1v) is 6.27. The van der Waals surface area contributed by atoms with Gasteiger partial charge in [0.15, 0.2) is 0 Å². The fraction of sp³-hybridized carbons (Fsp3) is 0.538. The maximum Gasteiger partial charge on any atom is 0.348 e. The molecule has 7 nitrogen and oxygen atoms in total. The second-order valence-electron chi connectivity index (χ2n) is 4.94. The molecule has 20 heavy (non-hydrogen) atoms. The first kappa shape index (κ1) is 15.9. The van der Waals surface area contributed by atoms with Crippen LogP contribution in [0.5, 0.6) is 0 Å². The quantitative estimate of drug-likeness (QED) is 0.798. The summed E-state index contributed by atoms with van der Waals surface area (Å²) in [4.78, 5) is 38.0. The summed E-state index contributed by atoms with van der Waals surface area (Å²) in [5.74, 6) is -2.17. The number of amides is 1. The van der Waals surface area contributed by atoms with E-state index in [0.29, 0.717) is 17.0 Å². The monoisotopic (exact) mass is 281 g/mol. The van der Waals surface area contributed by atoms with Gasteiger partial charge in [-0.05, 0) is 32.8 Å². The Morgan fingerprint density at radius 1 is 1.35 bits per heavy atom. The first-order chi connectivity index (χ1) is 9.16. The number of nitrogens with zero attached hydrogens (tertiary/aromatic N) is 2. The Labute approximate surface area is 116 Å². The van der Waals surface area contributed by atoms with Gasteiger partial charge in [-0.2, -0.15) is 4.98 Å². The maximum absolute atomic E-state index is 11.9. The minimum atomic E-state index is -0.926. The number of carbonyl (C=O) groups is 2. The van der Waals surface area contributed by atoms with E-state index in [1.54, 1.807) is 20.8 Å². The van der Waals surface area contributed by atoms with Crippen molar-refractivity contribution in [2.45, 2.75) is 40.2 Å². The van der Waals surface area contributed by atoms with Gasteiger partial charge in [0.25, 0.3) is 0 Å². The lowest BCUT2D eigenvalue weighted by Gasteiger charge is -2.19. The van der Waals surface area contributed by atoms with Gasteiger partial charge < -0.3 is 10.8 Å². The number of aliphatic carboxylic acids is 1. The molecule has 1 aromatic heterocycles. The third-order valence-corrected chi connectivity index (χ3v) is 3.44. The number of primary amides is 1. The molecular weight excluding hydrogens is 262 g/mol. The van der Waals surface area contributed by atoms with Crippen LogP contribution in [0.25, 0.3) is 0 Å². The fourth-order valence-corrected chi connectivity index (χ4v) is 2.09. The van der Waals surface area contributed by atoms with Gasteiger partial charge in [0, 0.05) is 11.4 Å². The van der Waals surface area contributed by atoms with Crippen molar-refractivity contribution in [3.05, 3.63) is 27.4 Å². The van der Waals surface area contributed by atoms with Crippen LogP contribution in [0, 0.1) is 19.8 Å². The molecule has 0 saturated carbocycles. The summed E-state index contributed by atoms with van der Waals surface area (Å²) in [5.41, 5.74) is 6.33. The highest BCUT2D eigenvalue weighted by Gasteiger charge is 2.22. The van der Waals surface area contributed by atoms with Gasteiger partial charge in [-0.15, -0.1) is 0 Å². The zero-order valence-corrected chi connectivity index (χ0v) is 12.0. The topological polar surface area (TPSA) is 115 Å². The number of nitrogens with two attached hydrogens (primary N) is 1. The molecule has 2 atom stereocenters. The van der Waals surface area contributed by atoms with Crippen molar-refractivity contribution in [3.63, 3.8) is 0 Å². The van der Waals surface area contributed by atoms with Gasteiger partial charge in [-0.3, -0.25) is 14.2 Å². The summed E-state index contributed by atoms with van der Waals surface area (Å²) in [7, 11) is 0. The molecule has 0 aromatic carbocycles. The molecule has 110 valence electrons. The Kier molecular flexibility index (Phi) is 4.65. The van der Waals surface area contributed by atoms with E-state index in [9.17, 15) is 14.4 Å². The van der Waals surface area contributed by atoms with Gasteiger partial charge >= 0.3 is 11.7 Å². The van der Waals surface area contributed by atoms with E-state index in [2.05, 4.69) is 4.98 Å². The van der Waals surface area contributed by atoms with E-state index in [1.165, 1.54) is 11.5 Å². The van der Waals surface area contributed by atoms with Crippen molar-refractivity contribution in [2.24, 2.45) is 11.7 Å². The second-order valence-corrected chi connectivity index (χ2v) is 4.94. The predicted molar refractivity (Wildman–Crippen MR) is 72.4 cm³/mol. The Morgan fingerprint density at radius 3 is 2.35 bits per heavy atom. The molecule has 0 aliphatic carbocycles. The number of carboxylic acid groups (broad SMARTS) is 1. The summed E-state index contributed by atoms with van der Waals surface area (Å²) in [6.45, 7) is 6.41. The van der Waals surface area contributed by atoms with Gasteiger partial charge in [-0.25, -0.2) is 4.79 Å². The zero-order chi connectivity index (χ0) is 15.6. The Bertz CT molecular complexity index is 606. The fourth-order valence-electron chi connectivity index (χ4n) is 2.09. The minimum absolute atomic E-state index is 0.242. The SMILES string of the molecule is Cc1nc(=O)n(C(C)C(N)=O)c(C)c1CC(C)C(=O)O. The van der Waals surface area contributed by atoms with Gasteiger partial charge in [0.1, 0.15) is 6.04 Å². The molecular formula is C13H19N3O4. The maximum atomic E-state index is 11.9. The molecule has 0 bridgehead atoms. The summed E-state index contributed by atoms with van der Waals surface area (Å²) in [6, 6.07) is -0.825. The van der Waals surface area contributed by atoms with Crippen molar-refractivity contribution in [1.29, 1.82) is 0 Å². The summed E-state index contributed by atoms with van der Waals surface area (Å²) in [5, 5.41) is 8.98. The molecule has 0 spiro atoms. The number of aryl methyl sites for hydroxylation is 1. The van der Waals surface area contributed by atoms with E-state index < -0.39 is 29.5 Å². The standard InChI is InChI=1S/C13H19N3O4/c1-6(12(18)19)5-10-7(2)15-13(20)16(8(10)3)9(4)11(14)17/h6,9H,5H2,1-4H3,(H2,14,17)(H,18,19). The number of carboxylic acids is 1. The van der Waals surface area contributed by atoms with Crippen LogP contribution in [0.2, 0.25) is 0 Å². The van der Waals surface area contributed by atoms with Crippen molar-refractivity contribution in [1.82, 2.24) is 9.55 Å². The lowest BCUT2D eigenvalue weighted by atomic mass is 9.98. The van der Waals surface area contributed by atoms with E-state index in [-0.39, 0.29) is 6.42 Å². The Hall–Kier alpha value is -2.18. The molecule has 0 fully saturated rings. The van der Waals surface area contributed by atoms with Crippen molar-refractivity contribution in [2.75, 3.05) is 0 Å². The minimum Gasteiger partial charge on any atom is -0.481 e. The Balaban J connectivity index is 3.40. The third-order valence-electron chi connectivity index (χ3n) is 3.44. The third kappa shape index (κ3) is 3.04. The van der Waals surface area contributed by atoms with Crippen molar-refractivity contribution < 1.29 is 14.7 Å². The van der Waals surface area contributed by atoms with Crippen LogP contribution in [0.3, 0.4) is 0 Å². The molecule has 0 saturated heterocycles. The highest BCUT2D eigenvalue weighted by Crippen LogP contribution is 2.17. The van der Waals surface area contributed by atoms with Crippen LogP contribution in [-0.2, 0) is 16.0 Å². The molecule has 2 unspecified atom stereocenters. The molecule has 0 radical (unpaired) electrons. The number of carbonyl (C=O) groups excluding carboxylic acids is 1. The summed E-state index contributed by atoms with van der Waals surface area (Å²) in [6.07, 6.45) is 0.242. The smallest absolute Gasteiger partial charge is 0.348 e. The predicted octanol–water partition coefficient (Wildman–Crippen LogP) is 0.170. The molecule has 1 heterocycles. The first-order valence-electron chi connectivity index (χ1n) is 6.27. The zero-order valence-electron chi connectivity index (χ0n) is 12.0. The molecule has 1 amide bonds. The molecule has 1 rings (SSSR count). The average Bonchev–Trinajstić information content (AvgIpc) is 2.33. The van der Waals surface area contributed by atoms with E-state index in [1.807, 2.05) is 0 Å². The average molecular weight is 281 g/mol. The van der Waals surface area contributed by atoms with E-state index >= 15 is 0 Å². The van der Waals surface area contributed by atoms with Gasteiger partial charge in [0.05, 0.1) is 5.92 Å². The van der Waals surface area contributed by atoms with Crippen LogP contribution in [0.1, 0.15) is 36.8 Å². The molecule has 1 aromatic rings. The Morgan fingerprint density at radius 2 is 1.90 bits per heavy atom. The summed E-state index contributed by atoms with van der Waals surface area (Å²) < 4.78 is 1.21. The number of hydrogen-bond donors (Lipinski definition) is 2. The van der Waals surface area contributed by atoms with Crippen LogP contribution >= 0.6 is 0 Å². The highest BCUT2D eigenvalue weighted by molar-refractivity contribution is 5.78. The summed E-state index contributed by atoms with van der Waals surface area (Å²) >= 11 is 0. The van der Waals surface area contributed by atoms with Gasteiger partial charge in [-0.1, -0.05) is 6.92 Å². The van der Waals surface area contributed by atoms with Crippen LogP contribution in [0.15, 0.2) is 4.79 Å². The number of rotatable bonds is 5. The molecule has 3 N–H and O–H groups in total. The molecule has 0 aliphatic heterocycles. The number of hydrogen-bond acceptors (Lipinski definition) is 4.